The van der Waals surface area contributed by atoms with Crippen molar-refractivity contribution in [2.24, 2.45) is 0 Å². The van der Waals surface area contributed by atoms with Gasteiger partial charge in [0.1, 0.15) is 19.0 Å². The van der Waals surface area contributed by atoms with Gasteiger partial charge in [-0.2, -0.15) is 0 Å². The topological polar surface area (TPSA) is 64.6 Å². The maximum atomic E-state index is 5.96. The molecule has 0 unspecified atom stereocenters. The van der Waals surface area contributed by atoms with Crippen molar-refractivity contribution < 1.29 is 33.2 Å². The highest BCUT2D eigenvalue weighted by molar-refractivity contribution is 5.67. The van der Waals surface area contributed by atoms with E-state index in [0.717, 1.165) is 16.9 Å². The van der Waals surface area contributed by atoms with Crippen LogP contribution in [0.2, 0.25) is 0 Å². The molecule has 0 radical (unpaired) electrons. The predicted octanol–water partition coefficient (Wildman–Crippen LogP) is 3.20. The maximum Gasteiger partial charge on any atom is 0.161 e. The van der Waals surface area contributed by atoms with E-state index >= 15 is 0 Å². The number of ether oxygens (including phenoxy) is 7. The number of hydrogen-bond acceptors (Lipinski definition) is 7. The van der Waals surface area contributed by atoms with Crippen molar-refractivity contribution in [1.82, 2.24) is 0 Å². The minimum Gasteiger partial charge on any atom is -0.497 e. The number of fused-ring (bicyclic) bond motifs is 1. The average molecular weight is 418 g/mol. The summed E-state index contributed by atoms with van der Waals surface area (Å²) in [4.78, 5) is 0. The summed E-state index contributed by atoms with van der Waals surface area (Å²) in [5.74, 6) is 2.17. The van der Waals surface area contributed by atoms with Crippen LogP contribution in [0.25, 0.3) is 11.1 Å². The van der Waals surface area contributed by atoms with E-state index in [9.17, 15) is 0 Å². The molecular formula is C23H30O7. The molecular weight excluding hydrogens is 388 g/mol. The SMILES string of the molecule is COc1ccc(-c2ccc3c(c2)OCCOCCOCCOCCOCCO3)cc1. The third-order valence-electron chi connectivity index (χ3n) is 4.45. The van der Waals surface area contributed by atoms with Crippen molar-refractivity contribution >= 4 is 0 Å². The second-order valence-electron chi connectivity index (χ2n) is 6.54. The lowest BCUT2D eigenvalue weighted by molar-refractivity contribution is -0.00841. The van der Waals surface area contributed by atoms with Crippen molar-refractivity contribution in [3.63, 3.8) is 0 Å². The lowest BCUT2D eigenvalue weighted by Gasteiger charge is -2.15. The van der Waals surface area contributed by atoms with Crippen molar-refractivity contribution in [2.45, 2.75) is 0 Å². The molecule has 0 aliphatic carbocycles. The molecule has 0 aromatic heterocycles. The maximum absolute atomic E-state index is 5.96. The predicted molar refractivity (Wildman–Crippen MR) is 113 cm³/mol. The van der Waals surface area contributed by atoms with E-state index in [1.54, 1.807) is 7.11 Å². The van der Waals surface area contributed by atoms with Gasteiger partial charge in [-0.1, -0.05) is 18.2 Å². The number of methoxy groups -OCH3 is 1. The van der Waals surface area contributed by atoms with Crippen LogP contribution in [-0.4, -0.2) is 73.2 Å². The monoisotopic (exact) mass is 418 g/mol. The van der Waals surface area contributed by atoms with Crippen molar-refractivity contribution in [3.8, 4) is 28.4 Å². The fourth-order valence-electron chi connectivity index (χ4n) is 2.89. The van der Waals surface area contributed by atoms with Gasteiger partial charge in [-0.05, 0) is 35.4 Å². The van der Waals surface area contributed by atoms with Gasteiger partial charge < -0.3 is 33.2 Å². The number of benzene rings is 2. The molecule has 0 saturated carbocycles. The molecule has 0 amide bonds. The zero-order valence-electron chi connectivity index (χ0n) is 17.5. The zero-order valence-corrected chi connectivity index (χ0v) is 17.5. The van der Waals surface area contributed by atoms with Crippen LogP contribution in [0.1, 0.15) is 0 Å². The molecule has 1 aliphatic heterocycles. The smallest absolute Gasteiger partial charge is 0.161 e. The first-order valence-corrected chi connectivity index (χ1v) is 10.2. The van der Waals surface area contributed by atoms with Gasteiger partial charge in [0.25, 0.3) is 0 Å². The van der Waals surface area contributed by atoms with Gasteiger partial charge >= 0.3 is 0 Å². The van der Waals surface area contributed by atoms with Crippen LogP contribution in [0, 0.1) is 0 Å². The lowest BCUT2D eigenvalue weighted by atomic mass is 10.1. The second kappa shape index (κ2) is 13.1. The van der Waals surface area contributed by atoms with Crippen LogP contribution in [0.5, 0.6) is 17.2 Å². The normalized spacial score (nSPS) is 17.5. The van der Waals surface area contributed by atoms with Gasteiger partial charge in [0.2, 0.25) is 0 Å². The molecule has 0 atom stereocenters. The molecule has 30 heavy (non-hydrogen) atoms. The van der Waals surface area contributed by atoms with E-state index in [1.165, 1.54) is 0 Å². The van der Waals surface area contributed by atoms with Crippen molar-refractivity contribution in [2.75, 3.05) is 73.2 Å². The Bertz CT molecular complexity index is 733. The van der Waals surface area contributed by atoms with Crippen LogP contribution in [0.15, 0.2) is 42.5 Å². The fourth-order valence-corrected chi connectivity index (χ4v) is 2.89. The van der Waals surface area contributed by atoms with Gasteiger partial charge in [0, 0.05) is 0 Å². The third kappa shape index (κ3) is 7.50. The minimum atomic E-state index is 0.419. The third-order valence-corrected chi connectivity index (χ3v) is 4.45. The molecule has 0 spiro atoms. The second-order valence-corrected chi connectivity index (χ2v) is 6.54. The molecule has 0 bridgehead atoms. The van der Waals surface area contributed by atoms with Gasteiger partial charge in [-0.15, -0.1) is 0 Å². The Morgan fingerprint density at radius 1 is 0.533 bits per heavy atom. The summed E-state index contributed by atoms with van der Waals surface area (Å²) >= 11 is 0. The van der Waals surface area contributed by atoms with E-state index in [1.807, 2.05) is 42.5 Å². The summed E-state index contributed by atoms with van der Waals surface area (Å²) in [6, 6.07) is 13.8. The van der Waals surface area contributed by atoms with E-state index in [2.05, 4.69) is 0 Å². The van der Waals surface area contributed by atoms with Crippen LogP contribution in [-0.2, 0) is 18.9 Å². The van der Waals surface area contributed by atoms with Crippen LogP contribution in [0.3, 0.4) is 0 Å². The standard InChI is InChI=1S/C23H30O7/c1-24-21-5-2-19(3-6-21)20-4-7-22-23(18-20)30-17-15-28-13-11-26-9-8-25-10-12-27-14-16-29-22/h2-7,18H,8-17H2,1H3. The summed E-state index contributed by atoms with van der Waals surface area (Å²) in [5, 5.41) is 0. The fraction of sp³-hybridized carbons (Fsp3) is 0.478. The largest absolute Gasteiger partial charge is 0.497 e. The van der Waals surface area contributed by atoms with Gasteiger partial charge in [0.15, 0.2) is 11.5 Å². The molecule has 0 fully saturated rings. The Labute approximate surface area is 177 Å². The highest BCUT2D eigenvalue weighted by atomic mass is 16.6. The lowest BCUT2D eigenvalue weighted by Crippen LogP contribution is -2.16. The quantitative estimate of drug-likeness (QED) is 0.742. The molecule has 1 heterocycles. The molecule has 7 nitrogen and oxygen atoms in total. The number of rotatable bonds is 2. The van der Waals surface area contributed by atoms with Crippen molar-refractivity contribution in [1.29, 1.82) is 0 Å². The highest BCUT2D eigenvalue weighted by Crippen LogP contribution is 2.33. The van der Waals surface area contributed by atoms with E-state index in [4.69, 9.17) is 33.2 Å². The zero-order chi connectivity index (χ0) is 20.9. The summed E-state index contributed by atoms with van der Waals surface area (Å²) in [6.45, 7) is 4.98. The molecule has 3 rings (SSSR count). The average Bonchev–Trinajstić information content (AvgIpc) is 2.79. The first-order valence-electron chi connectivity index (χ1n) is 10.2. The molecule has 0 N–H and O–H groups in total. The highest BCUT2D eigenvalue weighted by Gasteiger charge is 2.09. The first kappa shape index (κ1) is 22.4. The summed E-state index contributed by atoms with van der Waals surface area (Å²) in [5.41, 5.74) is 2.10. The van der Waals surface area contributed by atoms with Gasteiger partial charge in [0.05, 0.1) is 60.0 Å². The minimum absolute atomic E-state index is 0.419. The van der Waals surface area contributed by atoms with E-state index < -0.39 is 0 Å². The molecule has 7 heteroatoms. The number of hydrogen-bond donors (Lipinski definition) is 0. The van der Waals surface area contributed by atoms with Crippen LogP contribution in [0.4, 0.5) is 0 Å². The van der Waals surface area contributed by atoms with Crippen LogP contribution >= 0.6 is 0 Å². The first-order chi connectivity index (χ1) is 14.9. The molecule has 2 aromatic carbocycles. The summed E-state index contributed by atoms with van der Waals surface area (Å²) in [7, 11) is 1.66. The Morgan fingerprint density at radius 3 is 1.53 bits per heavy atom. The Hall–Kier alpha value is -2.32. The molecule has 2 aromatic rings. The molecule has 0 saturated heterocycles. The molecule has 164 valence electrons. The molecule has 1 aliphatic rings. The van der Waals surface area contributed by atoms with Gasteiger partial charge in [-0.25, -0.2) is 0 Å². The van der Waals surface area contributed by atoms with E-state index in [0.29, 0.717) is 77.6 Å². The van der Waals surface area contributed by atoms with Gasteiger partial charge in [-0.3, -0.25) is 0 Å². The Morgan fingerprint density at radius 2 is 1.00 bits per heavy atom. The summed E-state index contributed by atoms with van der Waals surface area (Å²) in [6.07, 6.45) is 0. The Kier molecular flexibility index (Phi) is 9.75. The van der Waals surface area contributed by atoms with E-state index in [-0.39, 0.29) is 0 Å². The van der Waals surface area contributed by atoms with Crippen molar-refractivity contribution in [3.05, 3.63) is 42.5 Å². The van der Waals surface area contributed by atoms with Crippen LogP contribution < -0.4 is 14.2 Å². The Balaban J connectivity index is 1.66. The summed E-state index contributed by atoms with van der Waals surface area (Å²) < 4.78 is 39.1.